The molecule has 5 N–H and O–H groups in total. The molecule has 10 heterocycles. The zero-order chi connectivity index (χ0) is 95.3. The number of aromatic nitrogens is 16. The number of fused-ring (bicyclic) bond motifs is 4. The fourth-order valence-electron chi connectivity index (χ4n) is 14.2. The number of carboxylic acid groups (broad SMARTS) is 3. The number of carboxylic acids is 3. The Bertz CT molecular complexity index is 5370. The van der Waals surface area contributed by atoms with Gasteiger partial charge in [0.2, 0.25) is 23.8 Å². The van der Waals surface area contributed by atoms with Crippen LogP contribution in [-0.2, 0) is 82.1 Å². The number of anilines is 8. The maximum atomic E-state index is 13.1. The highest BCUT2D eigenvalue weighted by Gasteiger charge is 2.33. The van der Waals surface area contributed by atoms with Crippen molar-refractivity contribution in [3.8, 4) is 0 Å². The van der Waals surface area contributed by atoms with Crippen LogP contribution in [0.1, 0.15) is 230 Å². The van der Waals surface area contributed by atoms with Gasteiger partial charge in [0, 0.05) is 66.5 Å². The number of carbonyl (C=O) groups is 7. The molecule has 0 atom stereocenters. The Morgan fingerprint density at radius 1 is 0.519 bits per heavy atom. The van der Waals surface area contributed by atoms with E-state index < -0.39 is 53.0 Å². The largest absolute Gasteiger partial charge is 0.480 e. The monoisotopic (exact) mass is 1820 g/mol. The van der Waals surface area contributed by atoms with Gasteiger partial charge in [0.15, 0.2) is 67.9 Å². The zero-order valence-electron chi connectivity index (χ0n) is 79.4. The Morgan fingerprint density at radius 3 is 1.43 bits per heavy atom. The number of amides is 3. The van der Waals surface area contributed by atoms with Gasteiger partial charge in [-0.2, -0.15) is 39.9 Å². The lowest BCUT2D eigenvalue weighted by atomic mass is 9.84. The summed E-state index contributed by atoms with van der Waals surface area (Å²) in [4.78, 5) is 150. The highest BCUT2D eigenvalue weighted by atomic mass is 16.6. The first kappa shape index (κ1) is 102. The van der Waals surface area contributed by atoms with Crippen molar-refractivity contribution in [1.82, 2.24) is 78.1 Å². The van der Waals surface area contributed by atoms with E-state index in [1.54, 1.807) is 65.6 Å². The predicted molar refractivity (Wildman–Crippen MR) is 500 cm³/mol. The molecule has 0 spiro atoms. The van der Waals surface area contributed by atoms with Crippen molar-refractivity contribution in [2.75, 3.05) is 120 Å². The maximum Gasteiger partial charge on any atom is 0.417 e. The number of hydrogen-bond donors (Lipinski definition) is 5. The quantitative estimate of drug-likeness (QED) is 0.0136. The number of unbranched alkanes of at least 4 members (excludes halogenated alkanes) is 6. The van der Waals surface area contributed by atoms with Crippen LogP contribution >= 0.6 is 0 Å². The van der Waals surface area contributed by atoms with E-state index in [9.17, 15) is 48.9 Å². The third-order valence-corrected chi connectivity index (χ3v) is 20.8. The fourth-order valence-corrected chi connectivity index (χ4v) is 14.2. The summed E-state index contributed by atoms with van der Waals surface area (Å²) in [6, 6.07) is 12.5. The van der Waals surface area contributed by atoms with Crippen molar-refractivity contribution in [1.29, 1.82) is 0 Å². The molecule has 40 nitrogen and oxygen atoms in total. The smallest absolute Gasteiger partial charge is 0.417 e. The zero-order valence-corrected chi connectivity index (χ0v) is 79.4. The molecule has 714 valence electrons. The Balaban J connectivity index is 0.000000197. The minimum absolute atomic E-state index is 0.0294. The minimum atomic E-state index is -1.01. The second kappa shape index (κ2) is 48.3. The summed E-state index contributed by atoms with van der Waals surface area (Å²) in [5.74, 6) is 1.81. The molecule has 0 radical (unpaired) electrons. The molecule has 40 heteroatoms. The molecule has 131 heavy (non-hydrogen) atoms. The highest BCUT2D eigenvalue weighted by Crippen LogP contribution is 2.35. The second-order valence-corrected chi connectivity index (χ2v) is 35.7. The van der Waals surface area contributed by atoms with Gasteiger partial charge in [0.25, 0.3) is 0 Å². The van der Waals surface area contributed by atoms with Gasteiger partial charge in [0.1, 0.15) is 48.7 Å². The predicted octanol–water partition coefficient (Wildman–Crippen LogP) is 15.6. The number of imidazole rings is 4. The molecule has 1 aliphatic carbocycles. The Kier molecular flexibility index (Phi) is 37.6. The molecule has 3 amide bonds. The topological polar surface area (TPSA) is 457 Å². The molecule has 12 rings (SSSR count). The van der Waals surface area contributed by atoms with Crippen LogP contribution in [0.2, 0.25) is 0 Å². The number of hydrogen-bond acceptors (Lipinski definition) is 30. The molecule has 1 aromatic carbocycles. The SMILES string of the molecule is CCCCCN(C(=O)OC(C)(C)C)c1nc(N(C)CC)c2ncn(CC(=O)OCC)c2n1.CCCCCN(C(=O)OC(C)(C)C)c1nc(N2CCOCC2)c2ncn(CC(=O)O)c2n1.CCCCCN(C(=O)OC(C)(C)C)c1nc(NCCC(C)C)c2ncn(CC(=O)O)c2n1.CN(Cc1ccco1)c1nc(NCc2ccc(C3CCCCC3)cc2)nc2c1ncn2CC(=O)O. The van der Waals surface area contributed by atoms with Crippen LogP contribution in [-0.4, -0.2) is 232 Å². The molecule has 9 aromatic heterocycles. The van der Waals surface area contributed by atoms with E-state index in [0.29, 0.717) is 164 Å². The van der Waals surface area contributed by atoms with E-state index in [0.717, 1.165) is 75.5 Å². The van der Waals surface area contributed by atoms with Gasteiger partial charge in [-0.3, -0.25) is 19.2 Å². The van der Waals surface area contributed by atoms with E-state index in [4.69, 9.17) is 38.1 Å². The van der Waals surface area contributed by atoms with E-state index >= 15 is 0 Å². The van der Waals surface area contributed by atoms with E-state index in [1.807, 2.05) is 68.6 Å². The lowest BCUT2D eigenvalue weighted by molar-refractivity contribution is -0.144. The molecule has 2 aliphatic rings. The summed E-state index contributed by atoms with van der Waals surface area (Å²) in [6.07, 6.45) is 21.6. The van der Waals surface area contributed by atoms with E-state index in [-0.39, 0.29) is 50.0 Å². The van der Waals surface area contributed by atoms with Crippen LogP contribution in [0, 0.1) is 5.92 Å². The lowest BCUT2D eigenvalue weighted by Crippen LogP contribution is -2.40. The molecule has 1 saturated heterocycles. The normalized spacial score (nSPS) is 13.0. The molecule has 2 fully saturated rings. The summed E-state index contributed by atoms with van der Waals surface area (Å²) in [5.41, 5.74) is 4.27. The number of ether oxygens (including phenoxy) is 5. The lowest BCUT2D eigenvalue weighted by Gasteiger charge is -2.30. The number of aliphatic carboxylic acids is 3. The van der Waals surface area contributed by atoms with Gasteiger partial charge in [-0.05, 0) is 150 Å². The first-order chi connectivity index (χ1) is 62.4. The number of nitrogens with one attached hydrogen (secondary N) is 2. The molecule has 0 unspecified atom stereocenters. The van der Waals surface area contributed by atoms with Crippen LogP contribution in [0.4, 0.5) is 61.4 Å². The summed E-state index contributed by atoms with van der Waals surface area (Å²) in [5, 5.41) is 34.5. The molecule has 1 saturated carbocycles. The second-order valence-electron chi connectivity index (χ2n) is 35.7. The number of benzene rings is 1. The number of rotatable bonds is 38. The molecule has 10 aromatic rings. The minimum Gasteiger partial charge on any atom is -0.480 e. The standard InChI is InChI=1S/C26H30N6O3.2C22H36N6O4.C21H32N6O5/c1-31(15-21-8-5-13-35-21)24-23-25(32(17-28-23)16-22(33)34)30-26(29-24)27-14-18-9-11-20(12-10-18)19-6-3-2-4-7-19;1-8-11-12-13-28(21(30)32-22(4,5)6)20-24-18(26(7)9-2)17-19(25-20)27(15-23-17)14-16(29)31-10-3;1-7-8-9-12-28(21(31)32-22(4,5)6)20-25-18(23-11-10-15(2)3)17-19(26-20)27(14-24-17)13-16(29)30;1-5-6-7-8-27(20(30)32-21(2,3)4)19-23-17(25-9-11-31-12-10-25)16-18(24-19)26(14-22-16)13-15(28)29/h5,8-13,17,19H,2-4,6-7,14-16H2,1H3,(H,33,34)(H,27,29,30);15H,8-14H2,1-7H3;14-15H,7-13H2,1-6H3,(H,29,30)(H,23,25,26);14H,5-13H2,1-4H3,(H,28,29). The van der Waals surface area contributed by atoms with Crippen LogP contribution in [0.15, 0.2) is 72.4 Å². The van der Waals surface area contributed by atoms with Crippen LogP contribution < -0.4 is 40.0 Å². The number of esters is 1. The van der Waals surface area contributed by atoms with E-state index in [2.05, 4.69) is 119 Å². The highest BCUT2D eigenvalue weighted by molar-refractivity contribution is 5.94. The molecule has 1 aliphatic heterocycles. The van der Waals surface area contributed by atoms with Crippen molar-refractivity contribution in [3.05, 3.63) is 84.9 Å². The Morgan fingerprint density at radius 2 is 0.969 bits per heavy atom. The van der Waals surface area contributed by atoms with Crippen LogP contribution in [0.3, 0.4) is 0 Å². The van der Waals surface area contributed by atoms with Crippen LogP contribution in [0.5, 0.6) is 0 Å². The average Bonchev–Trinajstić information content (AvgIpc) is 1.68. The molecular formula is C91H134N24O16. The average molecular weight is 1820 g/mol. The van der Waals surface area contributed by atoms with Crippen molar-refractivity contribution >= 4 is 134 Å². The first-order valence-electron chi connectivity index (χ1n) is 45.5. The Labute approximate surface area is 765 Å². The van der Waals surface area contributed by atoms with Crippen molar-refractivity contribution in [2.24, 2.45) is 5.92 Å². The maximum absolute atomic E-state index is 13.1. The van der Waals surface area contributed by atoms with Crippen molar-refractivity contribution in [3.63, 3.8) is 0 Å². The number of furan rings is 1. The van der Waals surface area contributed by atoms with Crippen molar-refractivity contribution < 1.29 is 77.0 Å². The van der Waals surface area contributed by atoms with Gasteiger partial charge in [-0.1, -0.05) is 117 Å². The number of carbonyl (C=O) groups excluding carboxylic acids is 4. The van der Waals surface area contributed by atoms with Crippen LogP contribution in [0.25, 0.3) is 44.7 Å². The van der Waals surface area contributed by atoms with Gasteiger partial charge in [0.05, 0.1) is 57.9 Å². The summed E-state index contributed by atoms with van der Waals surface area (Å²) >= 11 is 0. The molecule has 0 bridgehead atoms. The Hall–Kier alpha value is -12.7. The summed E-state index contributed by atoms with van der Waals surface area (Å²) in [7, 11) is 3.79. The van der Waals surface area contributed by atoms with Gasteiger partial charge >= 0.3 is 42.2 Å². The third-order valence-electron chi connectivity index (χ3n) is 20.8. The number of nitrogens with zero attached hydrogens (tertiary/aromatic N) is 22. The summed E-state index contributed by atoms with van der Waals surface area (Å²) < 4.78 is 38.9. The fraction of sp³-hybridized carbons (Fsp3) is 0.593. The third kappa shape index (κ3) is 30.5. The molecular weight excluding hydrogens is 1690 g/mol. The van der Waals surface area contributed by atoms with Gasteiger partial charge in [-0.15, -0.1) is 0 Å². The summed E-state index contributed by atoms with van der Waals surface area (Å²) in [6.45, 7) is 36.0. The van der Waals surface area contributed by atoms with E-state index in [1.165, 1.54) is 85.1 Å². The van der Waals surface area contributed by atoms with Gasteiger partial charge < -0.3 is 87.0 Å². The van der Waals surface area contributed by atoms with Gasteiger partial charge in [-0.25, -0.2) is 49.0 Å². The number of morpholine rings is 1. The first-order valence-corrected chi connectivity index (χ1v) is 45.5. The van der Waals surface area contributed by atoms with Crippen molar-refractivity contribution in [2.45, 2.75) is 269 Å².